The molecule has 2 aliphatic rings. The van der Waals surface area contributed by atoms with Crippen molar-refractivity contribution < 1.29 is 22.3 Å². The Balaban J connectivity index is 1.66. The first kappa shape index (κ1) is 18.2. The van der Waals surface area contributed by atoms with Gasteiger partial charge in [0.2, 0.25) is 0 Å². The number of para-hydroxylation sites is 3. The highest BCUT2D eigenvalue weighted by atomic mass is 32.2. The highest BCUT2D eigenvalue weighted by molar-refractivity contribution is 7.95. The molecule has 2 heterocycles. The fraction of sp³-hybridized carbons (Fsp3) is 0.368. The molecule has 2 aliphatic heterocycles. The zero-order chi connectivity index (χ0) is 19.2. The maximum Gasteiger partial charge on any atom is 0.331 e. The van der Waals surface area contributed by atoms with Crippen LogP contribution in [0.25, 0.3) is 0 Å². The molecule has 0 N–H and O–H groups in total. The normalized spacial score (nSPS) is 22.9. The summed E-state index contributed by atoms with van der Waals surface area (Å²) in [7, 11) is -3.95. The average Bonchev–Trinajstić information content (AvgIpc) is 3.07. The Labute approximate surface area is 158 Å². The predicted molar refractivity (Wildman–Crippen MR) is 101 cm³/mol. The molecule has 0 spiro atoms. The SMILES string of the molecule is CC1(C)OC[C@H](CCN2c3ccccc3N(c3ccccc3F)S2(=O)=O)O1. The monoisotopic (exact) mass is 392 g/mol. The number of hydrogen-bond acceptors (Lipinski definition) is 4. The summed E-state index contributed by atoms with van der Waals surface area (Å²) in [4.78, 5) is 0. The second-order valence-electron chi connectivity index (χ2n) is 7.02. The van der Waals surface area contributed by atoms with Crippen LogP contribution in [0.15, 0.2) is 48.5 Å². The smallest absolute Gasteiger partial charge is 0.331 e. The van der Waals surface area contributed by atoms with Crippen LogP contribution in [0.2, 0.25) is 0 Å². The minimum Gasteiger partial charge on any atom is -0.348 e. The molecule has 0 radical (unpaired) electrons. The second kappa shape index (κ2) is 6.47. The molecule has 1 saturated heterocycles. The zero-order valence-corrected chi connectivity index (χ0v) is 15.9. The summed E-state index contributed by atoms with van der Waals surface area (Å²) in [6.45, 7) is 4.29. The fourth-order valence-electron chi connectivity index (χ4n) is 3.47. The van der Waals surface area contributed by atoms with Crippen LogP contribution in [0, 0.1) is 5.82 Å². The average molecular weight is 392 g/mol. The van der Waals surface area contributed by atoms with Gasteiger partial charge in [0.15, 0.2) is 5.79 Å². The molecule has 4 rings (SSSR count). The second-order valence-corrected chi connectivity index (χ2v) is 8.73. The molecule has 27 heavy (non-hydrogen) atoms. The molecule has 2 aromatic carbocycles. The Hall–Kier alpha value is -2.16. The minimum atomic E-state index is -3.95. The number of nitrogens with zero attached hydrogens (tertiary/aromatic N) is 2. The summed E-state index contributed by atoms with van der Waals surface area (Å²) < 4.78 is 54.6. The lowest BCUT2D eigenvalue weighted by molar-refractivity contribution is -0.138. The van der Waals surface area contributed by atoms with Crippen molar-refractivity contribution in [2.24, 2.45) is 0 Å². The lowest BCUT2D eigenvalue weighted by Gasteiger charge is -2.23. The Kier molecular flexibility index (Phi) is 4.37. The Morgan fingerprint density at radius 2 is 1.70 bits per heavy atom. The molecule has 0 saturated carbocycles. The van der Waals surface area contributed by atoms with Gasteiger partial charge in [-0.25, -0.2) is 8.70 Å². The van der Waals surface area contributed by atoms with E-state index < -0.39 is 21.8 Å². The van der Waals surface area contributed by atoms with Gasteiger partial charge in [0.1, 0.15) is 5.82 Å². The third-order valence-electron chi connectivity index (χ3n) is 4.67. The zero-order valence-electron chi connectivity index (χ0n) is 15.1. The van der Waals surface area contributed by atoms with E-state index in [9.17, 15) is 12.8 Å². The van der Waals surface area contributed by atoms with E-state index in [-0.39, 0.29) is 18.3 Å². The van der Waals surface area contributed by atoms with E-state index >= 15 is 0 Å². The molecule has 2 aromatic rings. The largest absolute Gasteiger partial charge is 0.348 e. The van der Waals surface area contributed by atoms with E-state index in [1.54, 1.807) is 30.3 Å². The minimum absolute atomic E-state index is 0.00836. The van der Waals surface area contributed by atoms with Crippen LogP contribution in [-0.2, 0) is 19.7 Å². The number of ether oxygens (including phenoxy) is 2. The van der Waals surface area contributed by atoms with Gasteiger partial charge in [-0.1, -0.05) is 24.3 Å². The van der Waals surface area contributed by atoms with Gasteiger partial charge < -0.3 is 9.47 Å². The summed E-state index contributed by atoms with van der Waals surface area (Å²) in [5, 5.41) is 0. The first-order chi connectivity index (χ1) is 12.8. The van der Waals surface area contributed by atoms with Gasteiger partial charge in [-0.3, -0.25) is 4.31 Å². The van der Waals surface area contributed by atoms with E-state index in [4.69, 9.17) is 9.47 Å². The summed E-state index contributed by atoms with van der Waals surface area (Å²) in [5.74, 6) is -1.25. The van der Waals surface area contributed by atoms with Crippen molar-refractivity contribution in [2.45, 2.75) is 32.2 Å². The van der Waals surface area contributed by atoms with Crippen molar-refractivity contribution in [2.75, 3.05) is 21.8 Å². The summed E-state index contributed by atoms with van der Waals surface area (Å²) in [6.07, 6.45) is 0.284. The summed E-state index contributed by atoms with van der Waals surface area (Å²) in [5.41, 5.74) is 0.972. The van der Waals surface area contributed by atoms with Gasteiger partial charge in [-0.05, 0) is 44.5 Å². The Morgan fingerprint density at radius 1 is 1.07 bits per heavy atom. The molecule has 8 heteroatoms. The maximum atomic E-state index is 14.4. The number of hydrogen-bond donors (Lipinski definition) is 0. The summed E-state index contributed by atoms with van der Waals surface area (Å²) in [6, 6.07) is 12.8. The van der Waals surface area contributed by atoms with Crippen molar-refractivity contribution >= 4 is 27.3 Å². The molecule has 1 fully saturated rings. The number of halogens is 1. The lowest BCUT2D eigenvalue weighted by Crippen LogP contribution is -2.37. The number of anilines is 3. The first-order valence-electron chi connectivity index (χ1n) is 8.78. The van der Waals surface area contributed by atoms with Crippen molar-refractivity contribution in [1.29, 1.82) is 0 Å². The third-order valence-corrected chi connectivity index (χ3v) is 6.46. The molecule has 0 bridgehead atoms. The Morgan fingerprint density at radius 3 is 2.33 bits per heavy atom. The fourth-order valence-corrected chi connectivity index (χ4v) is 5.20. The van der Waals surface area contributed by atoms with Gasteiger partial charge in [0, 0.05) is 6.54 Å². The van der Waals surface area contributed by atoms with Gasteiger partial charge in [0.25, 0.3) is 0 Å². The number of benzene rings is 2. The van der Waals surface area contributed by atoms with Crippen molar-refractivity contribution in [3.63, 3.8) is 0 Å². The van der Waals surface area contributed by atoms with E-state index in [0.29, 0.717) is 24.4 Å². The maximum absolute atomic E-state index is 14.4. The molecule has 0 aromatic heterocycles. The predicted octanol–water partition coefficient (Wildman–Crippen LogP) is 3.57. The van der Waals surface area contributed by atoms with Crippen LogP contribution in [0.5, 0.6) is 0 Å². The van der Waals surface area contributed by atoms with Crippen LogP contribution in [0.1, 0.15) is 20.3 Å². The van der Waals surface area contributed by atoms with E-state index in [2.05, 4.69) is 0 Å². The van der Waals surface area contributed by atoms with E-state index in [0.717, 1.165) is 4.31 Å². The molecular formula is C19H21FN2O4S. The highest BCUT2D eigenvalue weighted by Gasteiger charge is 2.43. The van der Waals surface area contributed by atoms with Gasteiger partial charge in [0.05, 0.1) is 29.8 Å². The molecule has 6 nitrogen and oxygen atoms in total. The van der Waals surface area contributed by atoms with Crippen LogP contribution < -0.4 is 8.61 Å². The van der Waals surface area contributed by atoms with Crippen LogP contribution in [-0.4, -0.2) is 33.5 Å². The molecule has 0 unspecified atom stereocenters. The van der Waals surface area contributed by atoms with Crippen molar-refractivity contribution in [3.8, 4) is 0 Å². The van der Waals surface area contributed by atoms with Crippen molar-refractivity contribution in [1.82, 2.24) is 0 Å². The van der Waals surface area contributed by atoms with Gasteiger partial charge in [-0.15, -0.1) is 0 Å². The van der Waals surface area contributed by atoms with Crippen molar-refractivity contribution in [3.05, 3.63) is 54.3 Å². The lowest BCUT2D eigenvalue weighted by atomic mass is 10.2. The highest BCUT2D eigenvalue weighted by Crippen LogP contribution is 2.46. The van der Waals surface area contributed by atoms with E-state index in [1.807, 2.05) is 13.8 Å². The van der Waals surface area contributed by atoms with E-state index in [1.165, 1.54) is 22.5 Å². The molecule has 0 aliphatic carbocycles. The molecular weight excluding hydrogens is 371 g/mol. The molecule has 0 amide bonds. The number of rotatable bonds is 4. The van der Waals surface area contributed by atoms with Gasteiger partial charge >= 0.3 is 10.2 Å². The molecule has 144 valence electrons. The first-order valence-corrected chi connectivity index (χ1v) is 10.2. The quantitative estimate of drug-likeness (QED) is 0.798. The summed E-state index contributed by atoms with van der Waals surface area (Å²) >= 11 is 0. The van der Waals surface area contributed by atoms with Crippen LogP contribution >= 0.6 is 0 Å². The Bertz CT molecular complexity index is 964. The molecule has 1 atom stereocenters. The number of fused-ring (bicyclic) bond motifs is 1. The van der Waals surface area contributed by atoms with Gasteiger partial charge in [-0.2, -0.15) is 8.42 Å². The topological polar surface area (TPSA) is 59.1 Å². The van der Waals surface area contributed by atoms with Crippen LogP contribution in [0.4, 0.5) is 21.5 Å². The standard InChI is InChI=1S/C19H21FN2O4S/c1-19(2)25-13-14(26-19)11-12-21-17-9-5-6-10-18(17)22(27(21,23)24)16-8-4-3-7-15(16)20/h3-10,14H,11-13H2,1-2H3/t14-/m0/s1. The van der Waals surface area contributed by atoms with Crippen LogP contribution in [0.3, 0.4) is 0 Å². The third kappa shape index (κ3) is 3.18.